The van der Waals surface area contributed by atoms with Crippen LogP contribution in [0.4, 0.5) is 11.4 Å². The summed E-state index contributed by atoms with van der Waals surface area (Å²) < 4.78 is 1.80. The minimum absolute atomic E-state index is 0.0226. The molecular weight excluding hydrogens is 458 g/mol. The van der Waals surface area contributed by atoms with Crippen molar-refractivity contribution in [3.8, 4) is 0 Å². The number of fused-ring (bicyclic) bond motifs is 2. The fourth-order valence-corrected chi connectivity index (χ4v) is 5.99. The van der Waals surface area contributed by atoms with E-state index in [1.807, 2.05) is 19.1 Å². The highest BCUT2D eigenvalue weighted by atomic mass is 35.5. The molecule has 0 bridgehead atoms. The quantitative estimate of drug-likeness (QED) is 0.603. The Hall–Kier alpha value is -2.42. The van der Waals surface area contributed by atoms with E-state index in [0.717, 1.165) is 63.4 Å². The SMILES string of the molecule is Cc1c(C(=O)Nc2cc(Cl)ccc2N2CCN(C)CC2)sc2nc3n(c(=O)c12)CCCCC3. The van der Waals surface area contributed by atoms with E-state index in [1.54, 1.807) is 10.6 Å². The highest BCUT2D eigenvalue weighted by Crippen LogP contribution is 2.33. The van der Waals surface area contributed by atoms with Crippen molar-refractivity contribution in [1.82, 2.24) is 14.5 Å². The van der Waals surface area contributed by atoms with Gasteiger partial charge in [0.25, 0.3) is 11.5 Å². The van der Waals surface area contributed by atoms with Crippen molar-refractivity contribution in [2.24, 2.45) is 0 Å². The molecule has 0 unspecified atom stereocenters. The van der Waals surface area contributed by atoms with Gasteiger partial charge in [-0.3, -0.25) is 14.2 Å². The molecule has 3 aromatic rings. The number of carbonyl (C=O) groups excluding carboxylic acids is 1. The van der Waals surface area contributed by atoms with Crippen molar-refractivity contribution in [2.75, 3.05) is 43.4 Å². The minimum atomic E-state index is -0.229. The number of likely N-dealkylation sites (N-methyl/N-ethyl adjacent to an activating group) is 1. The van der Waals surface area contributed by atoms with Crippen LogP contribution in [0.25, 0.3) is 10.2 Å². The average Bonchev–Trinajstić information content (AvgIpc) is 2.95. The van der Waals surface area contributed by atoms with Crippen LogP contribution in [0.5, 0.6) is 0 Å². The minimum Gasteiger partial charge on any atom is -0.367 e. The first-order valence-electron chi connectivity index (χ1n) is 11.5. The van der Waals surface area contributed by atoms with Gasteiger partial charge in [0.15, 0.2) is 0 Å². The summed E-state index contributed by atoms with van der Waals surface area (Å²) in [5, 5.41) is 4.21. The standard InChI is InChI=1S/C24H28ClN5O2S/c1-15-20-23(27-19-6-4-3-5-9-30(19)24(20)32)33-21(15)22(31)26-17-14-16(25)7-8-18(17)29-12-10-28(2)11-13-29/h7-8,14H,3-6,9-13H2,1-2H3,(H,26,31). The molecule has 0 aliphatic carbocycles. The van der Waals surface area contributed by atoms with E-state index in [9.17, 15) is 9.59 Å². The first-order chi connectivity index (χ1) is 15.9. The number of piperazine rings is 1. The van der Waals surface area contributed by atoms with E-state index in [2.05, 4.69) is 22.2 Å². The van der Waals surface area contributed by atoms with Crippen molar-refractivity contribution in [1.29, 1.82) is 0 Å². The van der Waals surface area contributed by atoms with Gasteiger partial charge in [-0.2, -0.15) is 0 Å². The van der Waals surface area contributed by atoms with Gasteiger partial charge in [-0.15, -0.1) is 11.3 Å². The number of aromatic nitrogens is 2. The second-order valence-corrected chi connectivity index (χ2v) is 10.4. The molecule has 0 saturated carbocycles. The van der Waals surface area contributed by atoms with Crippen molar-refractivity contribution in [3.63, 3.8) is 0 Å². The lowest BCUT2D eigenvalue weighted by atomic mass is 10.2. The molecule has 33 heavy (non-hydrogen) atoms. The highest BCUT2D eigenvalue weighted by Gasteiger charge is 2.24. The van der Waals surface area contributed by atoms with Gasteiger partial charge in [0, 0.05) is 44.2 Å². The summed E-state index contributed by atoms with van der Waals surface area (Å²) in [6, 6.07) is 5.62. The Morgan fingerprint density at radius 3 is 2.70 bits per heavy atom. The average molecular weight is 486 g/mol. The van der Waals surface area contributed by atoms with Crippen LogP contribution in [0.15, 0.2) is 23.0 Å². The molecule has 1 N–H and O–H groups in total. The lowest BCUT2D eigenvalue weighted by Crippen LogP contribution is -2.44. The van der Waals surface area contributed by atoms with Gasteiger partial charge in [-0.1, -0.05) is 18.0 Å². The smallest absolute Gasteiger partial charge is 0.266 e. The Morgan fingerprint density at radius 2 is 1.91 bits per heavy atom. The van der Waals surface area contributed by atoms with E-state index in [0.29, 0.717) is 37.9 Å². The molecule has 9 heteroatoms. The molecule has 1 aromatic carbocycles. The Labute approximate surface area is 202 Å². The number of rotatable bonds is 3. The summed E-state index contributed by atoms with van der Waals surface area (Å²) in [7, 11) is 2.11. The second-order valence-electron chi connectivity index (χ2n) is 8.94. The van der Waals surface area contributed by atoms with E-state index < -0.39 is 0 Å². The van der Waals surface area contributed by atoms with Gasteiger partial charge >= 0.3 is 0 Å². The lowest BCUT2D eigenvalue weighted by molar-refractivity contribution is 0.103. The van der Waals surface area contributed by atoms with Crippen LogP contribution in [-0.4, -0.2) is 53.6 Å². The number of hydrogen-bond donors (Lipinski definition) is 1. The number of nitrogens with zero attached hydrogens (tertiary/aromatic N) is 4. The molecule has 1 amide bonds. The topological polar surface area (TPSA) is 70.5 Å². The number of thiophene rings is 1. The normalized spacial score (nSPS) is 17.1. The maximum absolute atomic E-state index is 13.4. The summed E-state index contributed by atoms with van der Waals surface area (Å²) >= 11 is 7.58. The molecule has 0 atom stereocenters. The summed E-state index contributed by atoms with van der Waals surface area (Å²) in [5.41, 5.74) is 2.33. The molecule has 7 nitrogen and oxygen atoms in total. The Morgan fingerprint density at radius 1 is 1.12 bits per heavy atom. The lowest BCUT2D eigenvalue weighted by Gasteiger charge is -2.35. The molecular formula is C24H28ClN5O2S. The maximum atomic E-state index is 13.4. The first-order valence-corrected chi connectivity index (χ1v) is 12.7. The molecule has 2 aliphatic heterocycles. The largest absolute Gasteiger partial charge is 0.367 e. The monoisotopic (exact) mass is 485 g/mol. The Kier molecular flexibility index (Phi) is 6.16. The van der Waals surface area contributed by atoms with Gasteiger partial charge in [-0.25, -0.2) is 4.98 Å². The van der Waals surface area contributed by atoms with Crippen LogP contribution in [-0.2, 0) is 13.0 Å². The summed E-state index contributed by atoms with van der Waals surface area (Å²) in [6.07, 6.45) is 3.94. The van der Waals surface area contributed by atoms with Crippen LogP contribution in [0.1, 0.15) is 40.3 Å². The molecule has 0 spiro atoms. The number of carbonyl (C=O) groups is 1. The third-order valence-corrected chi connectivity index (χ3v) is 8.09. The Bertz CT molecular complexity index is 1280. The number of hydrogen-bond acceptors (Lipinski definition) is 6. The van der Waals surface area contributed by atoms with Crippen LogP contribution >= 0.6 is 22.9 Å². The number of benzene rings is 1. The van der Waals surface area contributed by atoms with Gasteiger partial charge < -0.3 is 15.1 Å². The molecule has 5 rings (SSSR count). The molecule has 174 valence electrons. The number of aryl methyl sites for hydroxylation is 2. The molecule has 4 heterocycles. The summed E-state index contributed by atoms with van der Waals surface area (Å²) in [5.74, 6) is 0.609. The number of nitrogens with one attached hydrogen (secondary N) is 1. The maximum Gasteiger partial charge on any atom is 0.266 e. The predicted octanol–water partition coefficient (Wildman–Crippen LogP) is 4.15. The van der Waals surface area contributed by atoms with E-state index in [4.69, 9.17) is 16.6 Å². The Balaban J connectivity index is 1.49. The van der Waals surface area contributed by atoms with Gasteiger partial charge in [0.05, 0.1) is 21.6 Å². The molecule has 2 aliphatic rings. The van der Waals surface area contributed by atoms with Gasteiger partial charge in [0.2, 0.25) is 0 Å². The van der Waals surface area contributed by atoms with Crippen molar-refractivity contribution >= 4 is 50.4 Å². The zero-order valence-electron chi connectivity index (χ0n) is 19.0. The molecule has 2 aromatic heterocycles. The van der Waals surface area contributed by atoms with E-state index in [-0.39, 0.29) is 11.5 Å². The van der Waals surface area contributed by atoms with Gasteiger partial charge in [-0.05, 0) is 50.6 Å². The fraction of sp³-hybridized carbons (Fsp3) is 0.458. The van der Waals surface area contributed by atoms with Crippen LogP contribution in [0, 0.1) is 6.92 Å². The molecule has 1 saturated heterocycles. The molecule has 1 fully saturated rings. The highest BCUT2D eigenvalue weighted by molar-refractivity contribution is 7.20. The number of halogens is 1. The number of amides is 1. The van der Waals surface area contributed by atoms with E-state index >= 15 is 0 Å². The summed E-state index contributed by atoms with van der Waals surface area (Å²) in [6.45, 7) is 6.24. The van der Waals surface area contributed by atoms with Crippen molar-refractivity contribution in [3.05, 3.63) is 49.8 Å². The number of anilines is 2. The van der Waals surface area contributed by atoms with Crippen molar-refractivity contribution < 1.29 is 4.79 Å². The van der Waals surface area contributed by atoms with Crippen LogP contribution < -0.4 is 15.8 Å². The van der Waals surface area contributed by atoms with E-state index in [1.165, 1.54) is 11.3 Å². The zero-order chi connectivity index (χ0) is 23.1. The van der Waals surface area contributed by atoms with Gasteiger partial charge in [0.1, 0.15) is 10.7 Å². The third-order valence-electron chi connectivity index (χ3n) is 6.67. The summed E-state index contributed by atoms with van der Waals surface area (Å²) in [4.78, 5) is 37.2. The van der Waals surface area contributed by atoms with Crippen LogP contribution in [0.2, 0.25) is 5.02 Å². The second kappa shape index (κ2) is 9.08. The zero-order valence-corrected chi connectivity index (χ0v) is 20.6. The third kappa shape index (κ3) is 4.27. The van der Waals surface area contributed by atoms with Crippen LogP contribution in [0.3, 0.4) is 0 Å². The molecule has 0 radical (unpaired) electrons. The first kappa shape index (κ1) is 22.4. The predicted molar refractivity (Wildman–Crippen MR) is 135 cm³/mol. The fourth-order valence-electron chi connectivity index (χ4n) is 4.74. The van der Waals surface area contributed by atoms with Crippen molar-refractivity contribution in [2.45, 2.75) is 39.2 Å².